The van der Waals surface area contributed by atoms with Crippen molar-refractivity contribution in [1.29, 1.82) is 0 Å². The zero-order valence-corrected chi connectivity index (χ0v) is 22.8. The number of allylic oxidation sites excluding steroid dienone is 3. The average molecular weight is 528 g/mol. The minimum atomic E-state index is -0.563. The van der Waals surface area contributed by atoms with Gasteiger partial charge in [0.25, 0.3) is 5.91 Å². The maximum Gasteiger partial charge on any atom is 0.319 e. The van der Waals surface area contributed by atoms with E-state index in [0.29, 0.717) is 41.7 Å². The number of carbonyl (C=O) groups excluding carboxylic acids is 2. The lowest BCUT2D eigenvalue weighted by Crippen LogP contribution is -2.52. The number of aliphatic hydroxyl groups is 1. The molecule has 1 unspecified atom stereocenters. The molecule has 1 atom stereocenters. The highest BCUT2D eigenvalue weighted by Gasteiger charge is 2.44. The van der Waals surface area contributed by atoms with E-state index in [9.17, 15) is 14.7 Å². The first-order valence-electron chi connectivity index (χ1n) is 13.4. The molecular formula is C29H38ClN3O4. The Bertz CT molecular complexity index is 1210. The van der Waals surface area contributed by atoms with Crippen molar-refractivity contribution in [1.82, 2.24) is 10.2 Å². The third kappa shape index (κ3) is 5.58. The first kappa shape index (κ1) is 27.3. The lowest BCUT2D eigenvalue weighted by Gasteiger charge is -2.42. The molecule has 37 heavy (non-hydrogen) atoms. The van der Waals surface area contributed by atoms with Crippen LogP contribution in [0.4, 0.5) is 10.5 Å². The van der Waals surface area contributed by atoms with Crippen LogP contribution in [-0.2, 0) is 5.54 Å². The molecule has 1 saturated carbocycles. The molecule has 2 aliphatic rings. The third-order valence-corrected chi connectivity index (χ3v) is 8.04. The van der Waals surface area contributed by atoms with E-state index in [1.165, 1.54) is 0 Å². The predicted octanol–water partition coefficient (Wildman–Crippen LogP) is 6.75. The Morgan fingerprint density at radius 2 is 2.05 bits per heavy atom. The van der Waals surface area contributed by atoms with Gasteiger partial charge in [0.15, 0.2) is 5.76 Å². The monoisotopic (exact) mass is 527 g/mol. The Hall–Kier alpha value is -2.77. The van der Waals surface area contributed by atoms with E-state index < -0.39 is 5.54 Å². The number of fused-ring (bicyclic) bond motifs is 4. The smallest absolute Gasteiger partial charge is 0.319 e. The Labute approximate surface area is 223 Å². The molecule has 4 rings (SSSR count). The number of carbonyl (C=O) groups is 2. The highest BCUT2D eigenvalue weighted by atomic mass is 35.5. The largest absolute Gasteiger partial charge is 0.450 e. The van der Waals surface area contributed by atoms with Crippen molar-refractivity contribution in [2.24, 2.45) is 5.92 Å². The predicted molar refractivity (Wildman–Crippen MR) is 148 cm³/mol. The number of anilines is 1. The fraction of sp³-hybridized carbons (Fsp3) is 0.517. The van der Waals surface area contributed by atoms with Gasteiger partial charge in [-0.3, -0.25) is 4.79 Å². The van der Waals surface area contributed by atoms with Gasteiger partial charge >= 0.3 is 6.03 Å². The maximum absolute atomic E-state index is 13.8. The summed E-state index contributed by atoms with van der Waals surface area (Å²) in [6.45, 7) is 7.12. The third-order valence-electron chi connectivity index (χ3n) is 7.74. The Balaban J connectivity index is 1.76. The summed E-state index contributed by atoms with van der Waals surface area (Å²) in [4.78, 5) is 28.1. The number of amides is 3. The zero-order valence-electron chi connectivity index (χ0n) is 22.0. The summed E-state index contributed by atoms with van der Waals surface area (Å²) >= 11 is 6.66. The van der Waals surface area contributed by atoms with Crippen LogP contribution in [0, 0.1) is 5.92 Å². The summed E-state index contributed by atoms with van der Waals surface area (Å²) in [6, 6.07) is 3.24. The zero-order chi connectivity index (χ0) is 26.6. The Morgan fingerprint density at radius 1 is 1.30 bits per heavy atom. The first-order valence-corrected chi connectivity index (χ1v) is 13.8. The molecule has 1 aromatic carbocycles. The summed E-state index contributed by atoms with van der Waals surface area (Å²) < 4.78 is 6.32. The van der Waals surface area contributed by atoms with Gasteiger partial charge in [-0.05, 0) is 56.2 Å². The van der Waals surface area contributed by atoms with Crippen molar-refractivity contribution in [2.75, 3.05) is 25.0 Å². The second-order valence-electron chi connectivity index (χ2n) is 10.2. The molecule has 1 aromatic heterocycles. The summed E-state index contributed by atoms with van der Waals surface area (Å²) in [5, 5.41) is 16.7. The number of rotatable bonds is 9. The van der Waals surface area contributed by atoms with Crippen LogP contribution in [0.15, 0.2) is 40.4 Å². The van der Waals surface area contributed by atoms with E-state index in [0.717, 1.165) is 55.0 Å². The number of hydrogen-bond donors (Lipinski definition) is 3. The molecule has 2 heterocycles. The SMILES string of the molecule is C/C=C\C=C(\CN(CCCO)C(=O)c1cc2cc(Cl)c3c(c2o1)C1(CCCCC1)NC(=O)N3)C(C)CC. The van der Waals surface area contributed by atoms with Crippen LogP contribution < -0.4 is 10.6 Å². The van der Waals surface area contributed by atoms with Gasteiger partial charge in [-0.15, -0.1) is 0 Å². The second-order valence-corrected chi connectivity index (χ2v) is 10.6. The van der Waals surface area contributed by atoms with Crippen LogP contribution >= 0.6 is 11.6 Å². The second kappa shape index (κ2) is 11.7. The molecule has 0 bridgehead atoms. The number of nitrogens with zero attached hydrogens (tertiary/aromatic N) is 1. The van der Waals surface area contributed by atoms with Crippen LogP contribution in [0.3, 0.4) is 0 Å². The number of halogens is 1. The summed E-state index contributed by atoms with van der Waals surface area (Å²) in [6.07, 6.45) is 12.2. The van der Waals surface area contributed by atoms with Gasteiger partial charge < -0.3 is 25.1 Å². The average Bonchev–Trinajstić information content (AvgIpc) is 3.31. The molecule has 1 fully saturated rings. The molecule has 7 nitrogen and oxygen atoms in total. The van der Waals surface area contributed by atoms with Crippen molar-refractivity contribution in [2.45, 2.75) is 71.3 Å². The molecule has 3 N–H and O–H groups in total. The number of nitrogens with one attached hydrogen (secondary N) is 2. The molecule has 8 heteroatoms. The maximum atomic E-state index is 13.8. The van der Waals surface area contributed by atoms with Crippen LogP contribution in [0.5, 0.6) is 0 Å². The van der Waals surface area contributed by atoms with E-state index >= 15 is 0 Å². The number of urea groups is 1. The normalized spacial score (nSPS) is 18.1. The molecule has 200 valence electrons. The number of furan rings is 1. The van der Waals surface area contributed by atoms with Gasteiger partial charge in [0.2, 0.25) is 0 Å². The van der Waals surface area contributed by atoms with Crippen molar-refractivity contribution >= 4 is 40.2 Å². The minimum Gasteiger partial charge on any atom is -0.450 e. The Morgan fingerprint density at radius 3 is 2.73 bits per heavy atom. The number of hydrogen-bond acceptors (Lipinski definition) is 4. The van der Waals surface area contributed by atoms with E-state index in [4.69, 9.17) is 16.0 Å². The van der Waals surface area contributed by atoms with Crippen LogP contribution in [0.2, 0.25) is 5.02 Å². The highest BCUT2D eigenvalue weighted by molar-refractivity contribution is 6.35. The van der Waals surface area contributed by atoms with Crippen molar-refractivity contribution in [3.05, 3.63) is 52.3 Å². The van der Waals surface area contributed by atoms with Gasteiger partial charge in [0.1, 0.15) is 5.58 Å². The van der Waals surface area contributed by atoms with Gasteiger partial charge in [-0.1, -0.05) is 62.9 Å². The lowest BCUT2D eigenvalue weighted by atomic mass is 9.74. The fourth-order valence-corrected chi connectivity index (χ4v) is 5.79. The molecule has 0 radical (unpaired) electrons. The fourth-order valence-electron chi connectivity index (χ4n) is 5.53. The van der Waals surface area contributed by atoms with E-state index in [1.54, 1.807) is 17.0 Å². The standard InChI is InChI=1S/C29H38ClN3O4/c1-4-6-11-20(19(3)5-2)18-33(14-10-15-34)27(35)23-17-21-16-22(30)25-24(26(21)37-23)29(32-28(36)31-25)12-8-7-9-13-29/h4,6,11,16-17,19,34H,5,7-10,12-15,18H2,1-3H3,(H2,31,32,36)/b6-4-,20-11-. The van der Waals surface area contributed by atoms with Crippen molar-refractivity contribution < 1.29 is 19.1 Å². The van der Waals surface area contributed by atoms with Crippen molar-refractivity contribution in [3.63, 3.8) is 0 Å². The molecule has 2 aromatic rings. The van der Waals surface area contributed by atoms with E-state index in [-0.39, 0.29) is 24.3 Å². The van der Waals surface area contributed by atoms with Crippen LogP contribution in [0.25, 0.3) is 11.0 Å². The van der Waals surface area contributed by atoms with Gasteiger partial charge in [-0.2, -0.15) is 0 Å². The lowest BCUT2D eigenvalue weighted by molar-refractivity contribution is 0.0726. The van der Waals surface area contributed by atoms with Gasteiger partial charge in [0.05, 0.1) is 16.2 Å². The summed E-state index contributed by atoms with van der Waals surface area (Å²) in [7, 11) is 0. The number of benzene rings is 1. The number of aliphatic hydroxyl groups excluding tert-OH is 1. The van der Waals surface area contributed by atoms with Crippen LogP contribution in [-0.4, -0.2) is 41.6 Å². The highest BCUT2D eigenvalue weighted by Crippen LogP contribution is 2.49. The molecule has 1 aliphatic carbocycles. The molecule has 0 saturated heterocycles. The minimum absolute atomic E-state index is 0.00183. The molecular weight excluding hydrogens is 490 g/mol. The topological polar surface area (TPSA) is 94.8 Å². The quantitative estimate of drug-likeness (QED) is 0.314. The van der Waals surface area contributed by atoms with E-state index in [1.807, 2.05) is 19.1 Å². The summed E-state index contributed by atoms with van der Waals surface area (Å²) in [5.41, 5.74) is 2.58. The Kier molecular flexibility index (Phi) is 8.65. The molecule has 1 aliphatic heterocycles. The van der Waals surface area contributed by atoms with Gasteiger partial charge in [-0.25, -0.2) is 4.79 Å². The van der Waals surface area contributed by atoms with Crippen molar-refractivity contribution in [3.8, 4) is 0 Å². The summed E-state index contributed by atoms with van der Waals surface area (Å²) in [5.74, 6) is 0.312. The van der Waals surface area contributed by atoms with Crippen LogP contribution in [0.1, 0.15) is 81.8 Å². The first-order chi connectivity index (χ1) is 17.8. The molecule has 3 amide bonds. The molecule has 1 spiro atoms. The van der Waals surface area contributed by atoms with Gasteiger partial charge in [0, 0.05) is 30.6 Å². The van der Waals surface area contributed by atoms with E-state index in [2.05, 4.69) is 30.6 Å².